The standard InChI is InChI=1S/C37H37ClN8O2S/c1-21-22(2)49-37-34(21)35(24-9-11-28(38)12-10-24)43-30(36-45-44-23(3)46(36)37)20-32(47)41-15-6-4-5-14-39-31-18-26(13-16-40-31)25-7-8-27-19-33(48)42-29(27)17-25/h7-13,16-18,30H,4-6,14-15,19-20H2,1-3H3,(H,39,40)(H,41,47)(H,42,48). The Morgan fingerprint density at radius 2 is 1.76 bits per heavy atom. The molecule has 0 saturated carbocycles. The van der Waals surface area contributed by atoms with Gasteiger partial charge in [-0.05, 0) is 92.6 Å². The van der Waals surface area contributed by atoms with Gasteiger partial charge in [0.2, 0.25) is 11.8 Å². The molecule has 250 valence electrons. The Morgan fingerprint density at radius 1 is 0.980 bits per heavy atom. The third-order valence-corrected chi connectivity index (χ3v) is 10.5. The first-order valence-corrected chi connectivity index (χ1v) is 17.7. The Labute approximate surface area is 294 Å². The van der Waals surface area contributed by atoms with E-state index in [2.05, 4.69) is 49.5 Å². The van der Waals surface area contributed by atoms with E-state index in [0.717, 1.165) is 87.2 Å². The lowest BCUT2D eigenvalue weighted by Crippen LogP contribution is -2.26. The van der Waals surface area contributed by atoms with Crippen molar-refractivity contribution in [3.8, 4) is 16.1 Å². The molecule has 2 aliphatic rings. The maximum Gasteiger partial charge on any atom is 0.228 e. The highest BCUT2D eigenvalue weighted by Crippen LogP contribution is 2.39. The number of pyridine rings is 1. The second-order valence-corrected chi connectivity index (χ2v) is 14.1. The minimum Gasteiger partial charge on any atom is -0.370 e. The van der Waals surface area contributed by atoms with Crippen molar-refractivity contribution in [3.05, 3.63) is 105 Å². The molecular formula is C37H37ClN8O2S. The summed E-state index contributed by atoms with van der Waals surface area (Å²) < 4.78 is 2.06. The van der Waals surface area contributed by atoms with Crippen molar-refractivity contribution in [1.29, 1.82) is 0 Å². The van der Waals surface area contributed by atoms with Gasteiger partial charge in [-0.15, -0.1) is 21.5 Å². The number of halogens is 1. The normalized spacial score (nSPS) is 14.7. The molecule has 12 heteroatoms. The summed E-state index contributed by atoms with van der Waals surface area (Å²) in [6, 6.07) is 17.3. The van der Waals surface area contributed by atoms with Gasteiger partial charge in [0.05, 0.1) is 18.6 Å². The number of anilines is 2. The number of carbonyl (C=O) groups excluding carboxylic acids is 2. The smallest absolute Gasteiger partial charge is 0.228 e. The lowest BCUT2D eigenvalue weighted by atomic mass is 9.99. The molecule has 3 aromatic heterocycles. The van der Waals surface area contributed by atoms with Gasteiger partial charge in [0.15, 0.2) is 5.82 Å². The quantitative estimate of drug-likeness (QED) is 0.126. The molecule has 49 heavy (non-hydrogen) atoms. The fourth-order valence-corrected chi connectivity index (χ4v) is 7.69. The van der Waals surface area contributed by atoms with Gasteiger partial charge in [-0.2, -0.15) is 0 Å². The SMILES string of the molecule is Cc1sc2c(c1C)C(c1ccc(Cl)cc1)=NC(CC(=O)NCCCCCNc1cc(-c3ccc4c(c3)NC(=O)C4)ccn1)c1nnc(C)n1-2. The average molecular weight is 693 g/mol. The van der Waals surface area contributed by atoms with E-state index in [9.17, 15) is 9.59 Å². The van der Waals surface area contributed by atoms with E-state index < -0.39 is 6.04 Å². The number of aliphatic imine (C=N–C) groups is 1. The van der Waals surface area contributed by atoms with Gasteiger partial charge < -0.3 is 16.0 Å². The molecular weight excluding hydrogens is 656 g/mol. The van der Waals surface area contributed by atoms with Gasteiger partial charge in [-0.1, -0.05) is 35.9 Å². The number of thiophene rings is 1. The molecule has 0 aliphatic carbocycles. The third-order valence-electron chi connectivity index (χ3n) is 9.05. The molecule has 0 bridgehead atoms. The van der Waals surface area contributed by atoms with Crippen molar-refractivity contribution in [2.45, 2.75) is 58.9 Å². The van der Waals surface area contributed by atoms with Crippen LogP contribution < -0.4 is 16.0 Å². The number of fused-ring (bicyclic) bond motifs is 4. The highest BCUT2D eigenvalue weighted by Gasteiger charge is 2.32. The predicted molar refractivity (Wildman–Crippen MR) is 195 cm³/mol. The molecule has 2 aromatic carbocycles. The van der Waals surface area contributed by atoms with Crippen LogP contribution in [0.4, 0.5) is 11.5 Å². The molecule has 2 amide bonds. The maximum atomic E-state index is 13.3. The van der Waals surface area contributed by atoms with E-state index in [1.54, 1.807) is 17.5 Å². The van der Waals surface area contributed by atoms with Gasteiger partial charge in [0.1, 0.15) is 22.7 Å². The molecule has 10 nitrogen and oxygen atoms in total. The zero-order chi connectivity index (χ0) is 34.1. The van der Waals surface area contributed by atoms with E-state index >= 15 is 0 Å². The number of unbranched alkanes of at least 4 members (excludes halogenated alkanes) is 2. The summed E-state index contributed by atoms with van der Waals surface area (Å²) in [7, 11) is 0. The molecule has 5 heterocycles. The third kappa shape index (κ3) is 6.86. The number of hydrogen-bond acceptors (Lipinski definition) is 8. The number of aromatic nitrogens is 4. The van der Waals surface area contributed by atoms with Gasteiger partial charge in [-0.25, -0.2) is 4.98 Å². The lowest BCUT2D eigenvalue weighted by Gasteiger charge is -2.13. The number of rotatable bonds is 11. The van der Waals surface area contributed by atoms with Gasteiger partial charge in [0.25, 0.3) is 0 Å². The van der Waals surface area contributed by atoms with Crippen LogP contribution in [0, 0.1) is 20.8 Å². The second kappa shape index (κ2) is 13.9. The highest BCUT2D eigenvalue weighted by molar-refractivity contribution is 7.15. The van der Waals surface area contributed by atoms with Crippen molar-refractivity contribution in [2.75, 3.05) is 23.7 Å². The van der Waals surface area contributed by atoms with E-state index in [1.807, 2.05) is 61.5 Å². The Balaban J connectivity index is 0.938. The number of nitrogens with one attached hydrogen (secondary N) is 3. The molecule has 0 saturated heterocycles. The van der Waals surface area contributed by atoms with Crippen LogP contribution in [0.3, 0.4) is 0 Å². The van der Waals surface area contributed by atoms with Crippen molar-refractivity contribution < 1.29 is 9.59 Å². The van der Waals surface area contributed by atoms with E-state index in [0.29, 0.717) is 23.8 Å². The minimum atomic E-state index is -0.491. The first-order valence-electron chi connectivity index (χ1n) is 16.5. The first-order chi connectivity index (χ1) is 23.7. The number of hydrogen-bond donors (Lipinski definition) is 3. The summed E-state index contributed by atoms with van der Waals surface area (Å²) in [5, 5.41) is 20.0. The molecule has 1 unspecified atom stereocenters. The van der Waals surface area contributed by atoms with Crippen LogP contribution >= 0.6 is 22.9 Å². The van der Waals surface area contributed by atoms with E-state index in [1.165, 1.54) is 4.88 Å². The molecule has 3 N–H and O–H groups in total. The molecule has 0 radical (unpaired) electrons. The van der Waals surface area contributed by atoms with Crippen LogP contribution in [0.5, 0.6) is 0 Å². The molecule has 1 atom stereocenters. The summed E-state index contributed by atoms with van der Waals surface area (Å²) in [6.07, 6.45) is 5.14. The number of carbonyl (C=O) groups is 2. The average Bonchev–Trinajstić information content (AvgIpc) is 3.73. The fraction of sp³-hybridized carbons (Fsp3) is 0.297. The Kier molecular flexibility index (Phi) is 9.29. The Morgan fingerprint density at radius 3 is 2.59 bits per heavy atom. The first kappa shape index (κ1) is 32.7. The summed E-state index contributed by atoms with van der Waals surface area (Å²) in [6.45, 7) is 7.52. The minimum absolute atomic E-state index is 0.0319. The number of benzene rings is 2. The Bertz CT molecular complexity index is 2080. The van der Waals surface area contributed by atoms with Gasteiger partial charge in [-0.3, -0.25) is 19.1 Å². The summed E-state index contributed by atoms with van der Waals surface area (Å²) in [5.41, 5.74) is 7.97. The number of nitrogens with zero attached hydrogens (tertiary/aromatic N) is 5. The number of amides is 2. The van der Waals surface area contributed by atoms with E-state index in [4.69, 9.17) is 16.6 Å². The van der Waals surface area contributed by atoms with Crippen molar-refractivity contribution in [1.82, 2.24) is 25.1 Å². The van der Waals surface area contributed by atoms with Crippen molar-refractivity contribution in [3.63, 3.8) is 0 Å². The molecule has 0 spiro atoms. The van der Waals surface area contributed by atoms with Crippen LogP contribution in [0.15, 0.2) is 65.8 Å². The van der Waals surface area contributed by atoms with Crippen LogP contribution in [0.2, 0.25) is 5.02 Å². The predicted octanol–water partition coefficient (Wildman–Crippen LogP) is 7.14. The largest absolute Gasteiger partial charge is 0.370 e. The van der Waals surface area contributed by atoms with Crippen molar-refractivity contribution >= 4 is 52.0 Å². The lowest BCUT2D eigenvalue weighted by molar-refractivity contribution is -0.121. The van der Waals surface area contributed by atoms with Gasteiger partial charge >= 0.3 is 0 Å². The monoisotopic (exact) mass is 692 g/mol. The van der Waals surface area contributed by atoms with Crippen LogP contribution in [0.25, 0.3) is 16.1 Å². The van der Waals surface area contributed by atoms with Gasteiger partial charge in [0, 0.05) is 46.0 Å². The molecule has 5 aromatic rings. The topological polar surface area (TPSA) is 126 Å². The molecule has 2 aliphatic heterocycles. The number of aryl methyl sites for hydroxylation is 2. The van der Waals surface area contributed by atoms with Crippen LogP contribution in [-0.4, -0.2) is 50.4 Å². The fourth-order valence-electron chi connectivity index (χ4n) is 6.35. The van der Waals surface area contributed by atoms with Crippen LogP contribution in [-0.2, 0) is 16.0 Å². The van der Waals surface area contributed by atoms with Crippen molar-refractivity contribution in [2.24, 2.45) is 4.99 Å². The second-order valence-electron chi connectivity index (χ2n) is 12.5. The zero-order valence-electron chi connectivity index (χ0n) is 27.6. The zero-order valence-corrected chi connectivity index (χ0v) is 29.2. The highest BCUT2D eigenvalue weighted by atomic mass is 35.5. The molecule has 7 rings (SSSR count). The maximum absolute atomic E-state index is 13.3. The summed E-state index contributed by atoms with van der Waals surface area (Å²) in [4.78, 5) is 35.9. The van der Waals surface area contributed by atoms with Crippen LogP contribution in [0.1, 0.15) is 70.5 Å². The Hall–Kier alpha value is -4.87. The molecule has 0 fully saturated rings. The summed E-state index contributed by atoms with van der Waals surface area (Å²) >= 11 is 7.92. The summed E-state index contributed by atoms with van der Waals surface area (Å²) in [5.74, 6) is 2.21. The van der Waals surface area contributed by atoms with E-state index in [-0.39, 0.29) is 18.2 Å².